The molecule has 2 rings (SSSR count). The zero-order valence-corrected chi connectivity index (χ0v) is 19.5. The first-order chi connectivity index (χ1) is 16.0. The van der Waals surface area contributed by atoms with Crippen LogP contribution >= 0.6 is 0 Å². The van der Waals surface area contributed by atoms with Crippen LogP contribution in [0.15, 0.2) is 24.3 Å². The van der Waals surface area contributed by atoms with Crippen molar-refractivity contribution in [3.05, 3.63) is 24.3 Å². The number of nitrogens with one attached hydrogen (secondary N) is 2. The van der Waals surface area contributed by atoms with Gasteiger partial charge in [-0.25, -0.2) is 0 Å². The van der Waals surface area contributed by atoms with Gasteiger partial charge in [0.25, 0.3) is 0 Å². The third kappa shape index (κ3) is 7.73. The maximum Gasteiger partial charge on any atom is 0.303 e. The zero-order valence-electron chi connectivity index (χ0n) is 19.5. The van der Waals surface area contributed by atoms with E-state index in [2.05, 4.69) is 10.6 Å². The third-order valence-corrected chi connectivity index (χ3v) is 4.51. The van der Waals surface area contributed by atoms with E-state index in [0.717, 1.165) is 13.8 Å². The van der Waals surface area contributed by atoms with Crippen molar-refractivity contribution in [1.82, 2.24) is 5.32 Å². The topological polar surface area (TPSA) is 156 Å². The number of carbonyl (C=O) groups is 5. The SMILES string of the molecule is CC(=O)Nc1ccccc1O[C@H]1O[C@@H](COC(C)=O)[C@H](OC(C)=O)[C@@H](OC(C)=O)[C@@H]1NC(C)=O. The van der Waals surface area contributed by atoms with E-state index in [4.69, 9.17) is 23.7 Å². The predicted molar refractivity (Wildman–Crippen MR) is 115 cm³/mol. The molecule has 5 atom stereocenters. The quantitative estimate of drug-likeness (QED) is 0.401. The van der Waals surface area contributed by atoms with E-state index in [9.17, 15) is 24.0 Å². The summed E-state index contributed by atoms with van der Waals surface area (Å²) in [7, 11) is 0. The lowest BCUT2D eigenvalue weighted by atomic mass is 9.96. The fraction of sp³-hybridized carbons (Fsp3) is 0.500. The molecule has 1 fully saturated rings. The number of hydrogen-bond donors (Lipinski definition) is 2. The molecule has 186 valence electrons. The normalized spacial score (nSPS) is 23.7. The van der Waals surface area contributed by atoms with Gasteiger partial charge in [-0.3, -0.25) is 24.0 Å². The molecule has 0 saturated carbocycles. The van der Waals surface area contributed by atoms with E-state index in [-0.39, 0.29) is 18.3 Å². The van der Waals surface area contributed by atoms with Gasteiger partial charge in [-0.05, 0) is 12.1 Å². The van der Waals surface area contributed by atoms with E-state index in [1.54, 1.807) is 24.3 Å². The number of carbonyl (C=O) groups excluding carboxylic acids is 5. The minimum Gasteiger partial charge on any atom is -0.463 e. The van der Waals surface area contributed by atoms with Crippen molar-refractivity contribution in [2.24, 2.45) is 0 Å². The predicted octanol–water partition coefficient (Wildman–Crippen LogP) is 0.680. The molecule has 2 N–H and O–H groups in total. The Bertz CT molecular complexity index is 934. The molecule has 0 spiro atoms. The smallest absolute Gasteiger partial charge is 0.303 e. The summed E-state index contributed by atoms with van der Waals surface area (Å²) in [6, 6.07) is 5.34. The number of esters is 3. The van der Waals surface area contributed by atoms with E-state index >= 15 is 0 Å². The van der Waals surface area contributed by atoms with Crippen molar-refractivity contribution in [1.29, 1.82) is 0 Å². The molecule has 1 aromatic carbocycles. The fourth-order valence-electron chi connectivity index (χ4n) is 3.38. The van der Waals surface area contributed by atoms with Gasteiger partial charge >= 0.3 is 17.9 Å². The van der Waals surface area contributed by atoms with Gasteiger partial charge in [0.1, 0.15) is 24.5 Å². The molecule has 12 heteroatoms. The van der Waals surface area contributed by atoms with Gasteiger partial charge in [0, 0.05) is 34.6 Å². The van der Waals surface area contributed by atoms with Crippen molar-refractivity contribution in [2.75, 3.05) is 11.9 Å². The Labute approximate surface area is 196 Å². The van der Waals surface area contributed by atoms with Crippen LogP contribution < -0.4 is 15.4 Å². The molecule has 0 aliphatic carbocycles. The number of rotatable bonds is 8. The van der Waals surface area contributed by atoms with Crippen LogP contribution in [0.1, 0.15) is 34.6 Å². The van der Waals surface area contributed by atoms with Crippen LogP contribution in [0.2, 0.25) is 0 Å². The highest BCUT2D eigenvalue weighted by molar-refractivity contribution is 5.90. The first-order valence-corrected chi connectivity index (χ1v) is 10.4. The summed E-state index contributed by atoms with van der Waals surface area (Å²) in [5, 5.41) is 5.22. The lowest BCUT2D eigenvalue weighted by Gasteiger charge is -2.44. The Kier molecular flexibility index (Phi) is 9.36. The molecule has 34 heavy (non-hydrogen) atoms. The van der Waals surface area contributed by atoms with Crippen LogP contribution in [-0.4, -0.2) is 67.0 Å². The van der Waals surface area contributed by atoms with Gasteiger partial charge in [-0.2, -0.15) is 0 Å². The molecule has 1 aliphatic heterocycles. The molecule has 12 nitrogen and oxygen atoms in total. The molecule has 1 heterocycles. The van der Waals surface area contributed by atoms with Gasteiger partial charge in [0.15, 0.2) is 12.2 Å². The van der Waals surface area contributed by atoms with Crippen LogP contribution in [0.4, 0.5) is 5.69 Å². The number of hydrogen-bond acceptors (Lipinski definition) is 10. The van der Waals surface area contributed by atoms with Crippen molar-refractivity contribution >= 4 is 35.4 Å². The zero-order chi connectivity index (χ0) is 25.4. The maximum absolute atomic E-state index is 12.0. The lowest BCUT2D eigenvalue weighted by Crippen LogP contribution is -2.67. The van der Waals surface area contributed by atoms with Crippen molar-refractivity contribution in [3.8, 4) is 5.75 Å². The Morgan fingerprint density at radius 3 is 2.03 bits per heavy atom. The van der Waals surface area contributed by atoms with Crippen molar-refractivity contribution < 1.29 is 47.7 Å². The molecule has 0 radical (unpaired) electrons. The molecule has 0 aromatic heterocycles. The summed E-state index contributed by atoms with van der Waals surface area (Å²) < 4.78 is 27.7. The number of para-hydroxylation sites is 2. The summed E-state index contributed by atoms with van der Waals surface area (Å²) in [5.41, 5.74) is 0.322. The van der Waals surface area contributed by atoms with Crippen LogP contribution in [0.25, 0.3) is 0 Å². The summed E-state index contributed by atoms with van der Waals surface area (Å²) >= 11 is 0. The molecule has 1 saturated heterocycles. The molecule has 0 bridgehead atoms. The summed E-state index contributed by atoms with van der Waals surface area (Å²) in [4.78, 5) is 58.7. The van der Waals surface area contributed by atoms with Gasteiger partial charge in [-0.15, -0.1) is 0 Å². The molecule has 2 amide bonds. The van der Waals surface area contributed by atoms with Gasteiger partial charge < -0.3 is 34.3 Å². The van der Waals surface area contributed by atoms with E-state index < -0.39 is 54.5 Å². The Hall–Kier alpha value is -3.67. The third-order valence-electron chi connectivity index (χ3n) is 4.51. The molecule has 0 unspecified atom stereocenters. The second kappa shape index (κ2) is 12.0. The van der Waals surface area contributed by atoms with Gasteiger partial charge in [0.2, 0.25) is 18.1 Å². The highest BCUT2D eigenvalue weighted by Gasteiger charge is 2.52. The van der Waals surface area contributed by atoms with Crippen LogP contribution in [0.3, 0.4) is 0 Å². The van der Waals surface area contributed by atoms with E-state index in [1.807, 2.05) is 0 Å². The lowest BCUT2D eigenvalue weighted by molar-refractivity contribution is -0.257. The average molecular weight is 480 g/mol. The first-order valence-electron chi connectivity index (χ1n) is 10.4. The number of ether oxygens (including phenoxy) is 5. The fourth-order valence-corrected chi connectivity index (χ4v) is 3.38. The van der Waals surface area contributed by atoms with Crippen LogP contribution in [0.5, 0.6) is 5.75 Å². The summed E-state index contributed by atoms with van der Waals surface area (Å²) in [5.74, 6) is -2.71. The second-order valence-corrected chi connectivity index (χ2v) is 7.52. The van der Waals surface area contributed by atoms with Gasteiger partial charge in [0.05, 0.1) is 5.69 Å². The number of anilines is 1. The number of amides is 2. The standard InChI is InChI=1S/C22H28N2O10/c1-11(25)23-16-8-6-7-9-17(16)33-22-19(24-12(2)26)21(32-15(5)29)20(31-14(4)28)18(34-22)10-30-13(3)27/h6-9,18-22H,10H2,1-5H3,(H,23,25)(H,24,26)/t18-,19-,20-,21-,22-/m0/s1. The Morgan fingerprint density at radius 1 is 0.853 bits per heavy atom. The Balaban J connectivity index is 2.50. The van der Waals surface area contributed by atoms with E-state index in [0.29, 0.717) is 5.69 Å². The molecule has 1 aliphatic rings. The average Bonchev–Trinajstić information content (AvgIpc) is 2.71. The van der Waals surface area contributed by atoms with Crippen molar-refractivity contribution in [2.45, 2.75) is 65.3 Å². The molecular formula is C22H28N2O10. The Morgan fingerprint density at radius 2 is 1.47 bits per heavy atom. The molecule has 1 aromatic rings. The van der Waals surface area contributed by atoms with Crippen molar-refractivity contribution in [3.63, 3.8) is 0 Å². The summed E-state index contributed by atoms with van der Waals surface area (Å²) in [6.07, 6.45) is -4.89. The van der Waals surface area contributed by atoms with Gasteiger partial charge in [-0.1, -0.05) is 12.1 Å². The monoisotopic (exact) mass is 480 g/mol. The van der Waals surface area contributed by atoms with E-state index in [1.165, 1.54) is 20.8 Å². The summed E-state index contributed by atoms with van der Waals surface area (Å²) in [6.45, 7) is 5.68. The minimum atomic E-state index is -1.30. The number of benzene rings is 1. The second-order valence-electron chi connectivity index (χ2n) is 7.52. The highest BCUT2D eigenvalue weighted by atomic mass is 16.7. The minimum absolute atomic E-state index is 0.191. The largest absolute Gasteiger partial charge is 0.463 e. The maximum atomic E-state index is 12.0. The molecular weight excluding hydrogens is 452 g/mol. The first kappa shape index (κ1) is 26.6. The van der Waals surface area contributed by atoms with Crippen LogP contribution in [-0.2, 0) is 42.9 Å². The van der Waals surface area contributed by atoms with Crippen LogP contribution in [0, 0.1) is 0 Å². The highest BCUT2D eigenvalue weighted by Crippen LogP contribution is 2.32.